The van der Waals surface area contributed by atoms with Gasteiger partial charge in [-0.25, -0.2) is 0 Å². The molecule has 7 heteroatoms. The Morgan fingerprint density at radius 3 is 2.59 bits per heavy atom. The van der Waals surface area contributed by atoms with Crippen LogP contribution in [0.2, 0.25) is 10.0 Å². The third kappa shape index (κ3) is 5.73. The summed E-state index contributed by atoms with van der Waals surface area (Å²) < 4.78 is 0. The predicted octanol–water partition coefficient (Wildman–Crippen LogP) is 4.70. The third-order valence-corrected chi connectivity index (χ3v) is 6.64. The van der Waals surface area contributed by atoms with Gasteiger partial charge in [0.2, 0.25) is 5.91 Å². The summed E-state index contributed by atoms with van der Waals surface area (Å²) in [5.74, 6) is 0.00610. The molecule has 2 heterocycles. The molecule has 1 aliphatic rings. The Labute approximate surface area is 198 Å². The Kier molecular flexibility index (Phi) is 7.53. The van der Waals surface area contributed by atoms with Gasteiger partial charge in [0.05, 0.1) is 35.2 Å². The maximum absolute atomic E-state index is 13.7. The highest BCUT2D eigenvalue weighted by Gasteiger charge is 2.30. The minimum atomic E-state index is -0.310. The highest BCUT2D eigenvalue weighted by Crippen LogP contribution is 2.28. The van der Waals surface area contributed by atoms with E-state index in [-0.39, 0.29) is 24.5 Å². The fraction of sp³-hybridized carbons (Fsp3) is 0.320. The molecular weight excluding hydrogens is 445 g/mol. The number of nitrogens with zero attached hydrogens (tertiary/aromatic N) is 2. The summed E-state index contributed by atoms with van der Waals surface area (Å²) in [7, 11) is 0. The van der Waals surface area contributed by atoms with Gasteiger partial charge in [-0.2, -0.15) is 0 Å². The van der Waals surface area contributed by atoms with E-state index in [1.54, 1.807) is 12.1 Å². The molecule has 32 heavy (non-hydrogen) atoms. The van der Waals surface area contributed by atoms with Gasteiger partial charge < -0.3 is 15.0 Å². The summed E-state index contributed by atoms with van der Waals surface area (Å²) in [6.45, 7) is 2.57. The number of hydrogen-bond acceptors (Lipinski definition) is 3. The number of benzene rings is 2. The van der Waals surface area contributed by atoms with Crippen LogP contribution in [-0.4, -0.2) is 51.5 Å². The van der Waals surface area contributed by atoms with E-state index in [0.717, 1.165) is 29.8 Å². The van der Waals surface area contributed by atoms with Crippen LogP contribution in [0.4, 0.5) is 0 Å². The topological polar surface area (TPSA) is 59.6 Å². The second kappa shape index (κ2) is 10.5. The van der Waals surface area contributed by atoms with Gasteiger partial charge in [0.1, 0.15) is 0 Å². The lowest BCUT2D eigenvalue weighted by atomic mass is 10.0. The summed E-state index contributed by atoms with van der Waals surface area (Å²) in [5, 5.41) is 10.9. The average Bonchev–Trinajstić information content (AvgIpc) is 3.45. The van der Waals surface area contributed by atoms with E-state index in [2.05, 4.69) is 22.0 Å². The van der Waals surface area contributed by atoms with Gasteiger partial charge in [-0.15, -0.1) is 0 Å². The Balaban J connectivity index is 1.64. The van der Waals surface area contributed by atoms with E-state index in [4.69, 9.17) is 23.2 Å². The van der Waals surface area contributed by atoms with Gasteiger partial charge in [0, 0.05) is 31.5 Å². The van der Waals surface area contributed by atoms with Gasteiger partial charge >= 0.3 is 0 Å². The van der Waals surface area contributed by atoms with Crippen LogP contribution in [0.3, 0.4) is 0 Å². The maximum Gasteiger partial charge on any atom is 0.227 e. The molecule has 0 radical (unpaired) electrons. The molecule has 1 aromatic heterocycles. The molecule has 168 valence electrons. The first kappa shape index (κ1) is 22.9. The average molecular weight is 472 g/mol. The van der Waals surface area contributed by atoms with Gasteiger partial charge in [0.25, 0.3) is 0 Å². The number of likely N-dealkylation sites (tertiary alicyclic amines) is 1. The summed E-state index contributed by atoms with van der Waals surface area (Å²) in [4.78, 5) is 21.0. The number of amides is 1. The molecule has 5 nitrogen and oxygen atoms in total. The first-order valence-corrected chi connectivity index (χ1v) is 11.6. The Bertz CT molecular complexity index is 1030. The highest BCUT2D eigenvalue weighted by atomic mass is 35.5. The largest absolute Gasteiger partial charge is 0.392 e. The predicted molar refractivity (Wildman–Crippen MR) is 128 cm³/mol. The molecule has 0 bridgehead atoms. The molecule has 0 aliphatic carbocycles. The van der Waals surface area contributed by atoms with Crippen molar-refractivity contribution in [2.45, 2.75) is 31.5 Å². The summed E-state index contributed by atoms with van der Waals surface area (Å²) in [6, 6.07) is 19.2. The number of aromatic amines is 1. The van der Waals surface area contributed by atoms with Crippen LogP contribution in [0, 0.1) is 0 Å². The second-order valence-electron chi connectivity index (χ2n) is 8.27. The van der Waals surface area contributed by atoms with Crippen molar-refractivity contribution >= 4 is 29.1 Å². The monoisotopic (exact) mass is 471 g/mol. The number of β-amino-alcohol motifs (C(OH)–C–C–N with tert-alkyl or cyclic N) is 1. The molecule has 1 fully saturated rings. The Morgan fingerprint density at radius 2 is 1.94 bits per heavy atom. The lowest BCUT2D eigenvalue weighted by Gasteiger charge is -2.35. The van der Waals surface area contributed by atoms with Gasteiger partial charge in [0.15, 0.2) is 0 Å². The first-order valence-electron chi connectivity index (χ1n) is 10.8. The number of nitrogens with one attached hydrogen (secondary N) is 1. The number of rotatable bonds is 8. The molecule has 0 unspecified atom stereocenters. The van der Waals surface area contributed by atoms with E-state index in [1.165, 1.54) is 0 Å². The minimum Gasteiger partial charge on any atom is -0.392 e. The smallest absolute Gasteiger partial charge is 0.227 e. The summed E-state index contributed by atoms with van der Waals surface area (Å²) in [5.41, 5.74) is 2.86. The number of aromatic nitrogens is 1. The van der Waals surface area contributed by atoms with Crippen LogP contribution < -0.4 is 0 Å². The quantitative estimate of drug-likeness (QED) is 0.500. The zero-order chi connectivity index (χ0) is 22.5. The van der Waals surface area contributed by atoms with E-state index in [9.17, 15) is 9.90 Å². The second-order valence-corrected chi connectivity index (χ2v) is 9.09. The van der Waals surface area contributed by atoms with Gasteiger partial charge in [-0.3, -0.25) is 9.69 Å². The van der Waals surface area contributed by atoms with E-state index in [0.29, 0.717) is 29.7 Å². The standard InChI is InChI=1S/C25H27Cl2N3O2/c26-22-9-8-18(13-23(22)27)14-25(32)30(15-20-7-4-11-28-20)24(19-5-2-1-3-6-19)17-29-12-10-21(31)16-29/h1-9,11,13,21,24,28,31H,10,12,14-17H2/t21-,24+/m0/s1. The Hall–Kier alpha value is -2.31. The highest BCUT2D eigenvalue weighted by molar-refractivity contribution is 6.42. The van der Waals surface area contributed by atoms with E-state index >= 15 is 0 Å². The van der Waals surface area contributed by atoms with Crippen LogP contribution in [0.15, 0.2) is 66.9 Å². The lowest BCUT2D eigenvalue weighted by Crippen LogP contribution is -2.41. The number of halogens is 2. The van der Waals surface area contributed by atoms with E-state index in [1.807, 2.05) is 47.5 Å². The van der Waals surface area contributed by atoms with Crippen molar-refractivity contribution in [3.8, 4) is 0 Å². The van der Waals surface area contributed by atoms with Crippen molar-refractivity contribution in [3.63, 3.8) is 0 Å². The molecule has 2 atom stereocenters. The summed E-state index contributed by atoms with van der Waals surface area (Å²) in [6.07, 6.45) is 2.54. The fourth-order valence-corrected chi connectivity index (χ4v) is 4.55. The molecule has 4 rings (SSSR count). The van der Waals surface area contributed by atoms with Crippen LogP contribution >= 0.6 is 23.2 Å². The van der Waals surface area contributed by atoms with Gasteiger partial charge in [-0.05, 0) is 41.8 Å². The fourth-order valence-electron chi connectivity index (χ4n) is 4.23. The molecule has 1 aliphatic heterocycles. The van der Waals surface area contributed by atoms with Crippen LogP contribution in [-0.2, 0) is 17.8 Å². The summed E-state index contributed by atoms with van der Waals surface area (Å²) >= 11 is 12.2. The van der Waals surface area contributed by atoms with Crippen molar-refractivity contribution < 1.29 is 9.90 Å². The molecule has 3 aromatic rings. The molecule has 2 N–H and O–H groups in total. The maximum atomic E-state index is 13.7. The third-order valence-electron chi connectivity index (χ3n) is 5.90. The lowest BCUT2D eigenvalue weighted by molar-refractivity contribution is -0.134. The SMILES string of the molecule is O=C(Cc1ccc(Cl)c(Cl)c1)N(Cc1ccc[nH]1)[C@H](CN1CC[C@H](O)C1)c1ccccc1. The molecule has 1 amide bonds. The van der Waals surface area contributed by atoms with Crippen molar-refractivity contribution in [1.82, 2.24) is 14.8 Å². The first-order chi connectivity index (χ1) is 15.5. The zero-order valence-corrected chi connectivity index (χ0v) is 19.3. The number of carbonyl (C=O) groups is 1. The minimum absolute atomic E-state index is 0.00610. The molecule has 2 aromatic carbocycles. The number of aliphatic hydroxyl groups excluding tert-OH is 1. The number of H-pyrrole nitrogens is 1. The van der Waals surface area contributed by atoms with Crippen molar-refractivity contribution in [2.24, 2.45) is 0 Å². The Morgan fingerprint density at radius 1 is 1.12 bits per heavy atom. The number of hydrogen-bond donors (Lipinski definition) is 2. The molecule has 1 saturated heterocycles. The zero-order valence-electron chi connectivity index (χ0n) is 17.8. The molecule has 0 saturated carbocycles. The molecular formula is C25H27Cl2N3O2. The van der Waals surface area contributed by atoms with Crippen LogP contribution in [0.1, 0.15) is 29.3 Å². The number of aliphatic hydroxyl groups is 1. The normalized spacial score (nSPS) is 17.4. The molecule has 0 spiro atoms. The van der Waals surface area contributed by atoms with E-state index < -0.39 is 0 Å². The van der Waals surface area contributed by atoms with Crippen LogP contribution in [0.25, 0.3) is 0 Å². The van der Waals surface area contributed by atoms with Crippen LogP contribution in [0.5, 0.6) is 0 Å². The van der Waals surface area contributed by atoms with Crippen molar-refractivity contribution in [1.29, 1.82) is 0 Å². The van der Waals surface area contributed by atoms with Gasteiger partial charge in [-0.1, -0.05) is 59.6 Å². The van der Waals surface area contributed by atoms with Crippen molar-refractivity contribution in [3.05, 3.63) is 93.7 Å². The number of carbonyl (C=O) groups excluding carboxylic acids is 1. The van der Waals surface area contributed by atoms with Crippen molar-refractivity contribution in [2.75, 3.05) is 19.6 Å².